The molecule has 0 unspecified atom stereocenters. The second-order valence-electron chi connectivity index (χ2n) is 8.54. The Morgan fingerprint density at radius 1 is 1.22 bits per heavy atom. The first kappa shape index (κ1) is 27.7. The molecular formula is C22H35IN6O3. The van der Waals surface area contributed by atoms with Crippen LogP contribution >= 0.6 is 24.0 Å². The Morgan fingerprint density at radius 3 is 2.47 bits per heavy atom. The van der Waals surface area contributed by atoms with E-state index in [0.29, 0.717) is 30.6 Å². The maximum absolute atomic E-state index is 12.2. The first-order valence-electron chi connectivity index (χ1n) is 10.5. The highest BCUT2D eigenvalue weighted by atomic mass is 127. The molecule has 178 valence electrons. The molecule has 0 saturated carbocycles. The van der Waals surface area contributed by atoms with E-state index < -0.39 is 0 Å². The van der Waals surface area contributed by atoms with E-state index in [4.69, 9.17) is 9.26 Å². The molecule has 10 heteroatoms. The molecule has 3 N–H and O–H groups in total. The van der Waals surface area contributed by atoms with Gasteiger partial charge < -0.3 is 25.2 Å². The van der Waals surface area contributed by atoms with E-state index in [9.17, 15) is 4.79 Å². The van der Waals surface area contributed by atoms with Crippen molar-refractivity contribution in [2.45, 2.75) is 66.0 Å². The maximum Gasteiger partial charge on any atom is 0.242 e. The Hall–Kier alpha value is -2.37. The average Bonchev–Trinajstić information content (AvgIpc) is 3.08. The molecule has 1 heterocycles. The van der Waals surface area contributed by atoms with Crippen molar-refractivity contribution in [2.24, 2.45) is 4.99 Å². The lowest BCUT2D eigenvalue weighted by Crippen LogP contribution is -2.42. The Kier molecular flexibility index (Phi) is 11.4. The molecule has 32 heavy (non-hydrogen) atoms. The predicted molar refractivity (Wildman–Crippen MR) is 137 cm³/mol. The molecule has 0 saturated heterocycles. The van der Waals surface area contributed by atoms with Crippen LogP contribution in [0.3, 0.4) is 0 Å². The van der Waals surface area contributed by atoms with Crippen LogP contribution in [0.1, 0.15) is 52.8 Å². The van der Waals surface area contributed by atoms with Crippen LogP contribution in [0.2, 0.25) is 0 Å². The van der Waals surface area contributed by atoms with Crippen molar-refractivity contribution < 1.29 is 14.1 Å². The van der Waals surface area contributed by atoms with Crippen molar-refractivity contribution >= 4 is 41.5 Å². The van der Waals surface area contributed by atoms with Crippen molar-refractivity contribution in [3.63, 3.8) is 0 Å². The Bertz CT molecular complexity index is 859. The number of nitrogens with zero attached hydrogens (tertiary/aromatic N) is 3. The number of rotatable bonds is 9. The second kappa shape index (κ2) is 13.2. The fourth-order valence-electron chi connectivity index (χ4n) is 2.66. The number of ether oxygens (including phenoxy) is 1. The fraction of sp³-hybridized carbons (Fsp3) is 0.545. The number of aliphatic imine (C=N–C) groups is 1. The number of hydrogen-bond acceptors (Lipinski definition) is 6. The van der Waals surface area contributed by atoms with Gasteiger partial charge in [-0.2, -0.15) is 4.98 Å². The number of hydrogen-bond donors (Lipinski definition) is 3. The smallest absolute Gasteiger partial charge is 0.242 e. The first-order chi connectivity index (χ1) is 14.6. The highest BCUT2D eigenvalue weighted by molar-refractivity contribution is 14.0. The molecule has 0 aliphatic carbocycles. The molecule has 1 aromatic carbocycles. The zero-order chi connectivity index (χ0) is 22.9. The average molecular weight is 558 g/mol. The number of anilines is 1. The maximum atomic E-state index is 12.2. The van der Waals surface area contributed by atoms with Gasteiger partial charge >= 0.3 is 0 Å². The summed E-state index contributed by atoms with van der Waals surface area (Å²) in [5.41, 5.74) is 0.535. The van der Waals surface area contributed by atoms with E-state index >= 15 is 0 Å². The van der Waals surface area contributed by atoms with Gasteiger partial charge in [-0.05, 0) is 72.2 Å². The van der Waals surface area contributed by atoms with Gasteiger partial charge in [0.05, 0.1) is 6.10 Å². The molecule has 0 radical (unpaired) electrons. The minimum atomic E-state index is -0.303. The third-order valence-electron chi connectivity index (χ3n) is 3.81. The third kappa shape index (κ3) is 11.3. The number of benzene rings is 1. The molecule has 0 aliphatic heterocycles. The summed E-state index contributed by atoms with van der Waals surface area (Å²) in [4.78, 5) is 20.8. The van der Waals surface area contributed by atoms with Crippen molar-refractivity contribution in [1.29, 1.82) is 0 Å². The van der Waals surface area contributed by atoms with Gasteiger partial charge in [0.15, 0.2) is 11.8 Å². The molecule has 0 fully saturated rings. The van der Waals surface area contributed by atoms with E-state index in [0.717, 1.165) is 17.9 Å². The Morgan fingerprint density at radius 2 is 1.91 bits per heavy atom. The van der Waals surface area contributed by atoms with Crippen LogP contribution in [-0.2, 0) is 11.2 Å². The molecule has 2 rings (SSSR count). The number of amides is 1. The van der Waals surface area contributed by atoms with Crippen LogP contribution in [0.25, 0.3) is 0 Å². The summed E-state index contributed by atoms with van der Waals surface area (Å²) in [6, 6.07) is 7.60. The zero-order valence-electron chi connectivity index (χ0n) is 19.7. The standard InChI is InChI=1S/C22H34N6O3.HI/c1-15(2)30-18-11-9-17(10-12-18)26-21(24-14-19(29)27-22(4,5)6)23-13-7-8-20-25-16(3)28-31-20;/h9-12,15H,7-8,13-14H2,1-6H3,(H,27,29)(H2,23,24,26);1H. The van der Waals surface area contributed by atoms with Gasteiger partial charge in [0.25, 0.3) is 0 Å². The lowest BCUT2D eigenvalue weighted by molar-refractivity contribution is -0.121. The number of aromatic nitrogens is 2. The lowest BCUT2D eigenvalue weighted by Gasteiger charge is -2.20. The predicted octanol–water partition coefficient (Wildman–Crippen LogP) is 3.69. The van der Waals surface area contributed by atoms with Gasteiger partial charge in [0.1, 0.15) is 12.3 Å². The topological polar surface area (TPSA) is 114 Å². The molecule has 1 aromatic heterocycles. The molecule has 0 bridgehead atoms. The van der Waals surface area contributed by atoms with Gasteiger partial charge in [-0.1, -0.05) is 5.16 Å². The van der Waals surface area contributed by atoms with Crippen molar-refractivity contribution in [3.05, 3.63) is 36.0 Å². The van der Waals surface area contributed by atoms with Gasteiger partial charge in [0.2, 0.25) is 11.8 Å². The number of halogens is 1. The van der Waals surface area contributed by atoms with Crippen LogP contribution in [0.15, 0.2) is 33.8 Å². The third-order valence-corrected chi connectivity index (χ3v) is 3.81. The number of carbonyl (C=O) groups is 1. The van der Waals surface area contributed by atoms with E-state index in [1.165, 1.54) is 0 Å². The highest BCUT2D eigenvalue weighted by Gasteiger charge is 2.13. The number of carbonyl (C=O) groups excluding carboxylic acids is 1. The quantitative estimate of drug-likeness (QED) is 0.186. The fourth-order valence-corrected chi connectivity index (χ4v) is 2.66. The molecular weight excluding hydrogens is 523 g/mol. The molecule has 1 amide bonds. The second-order valence-corrected chi connectivity index (χ2v) is 8.54. The van der Waals surface area contributed by atoms with Crippen LogP contribution in [0, 0.1) is 6.92 Å². The molecule has 0 atom stereocenters. The molecule has 0 spiro atoms. The molecule has 2 aromatic rings. The zero-order valence-corrected chi connectivity index (χ0v) is 22.0. The van der Waals surface area contributed by atoms with E-state index in [1.54, 1.807) is 6.92 Å². The van der Waals surface area contributed by atoms with Crippen molar-refractivity contribution in [2.75, 3.05) is 18.4 Å². The Balaban J connectivity index is 0.00000512. The summed E-state index contributed by atoms with van der Waals surface area (Å²) >= 11 is 0. The van der Waals surface area contributed by atoms with Crippen LogP contribution in [0.5, 0.6) is 5.75 Å². The minimum absolute atomic E-state index is 0. The summed E-state index contributed by atoms with van der Waals surface area (Å²) in [6.07, 6.45) is 1.55. The number of nitrogens with one attached hydrogen (secondary N) is 3. The normalized spacial score (nSPS) is 11.7. The summed E-state index contributed by atoms with van der Waals surface area (Å²) < 4.78 is 10.8. The summed E-state index contributed by atoms with van der Waals surface area (Å²) in [7, 11) is 0. The van der Waals surface area contributed by atoms with Crippen LogP contribution in [-0.4, -0.2) is 46.7 Å². The minimum Gasteiger partial charge on any atom is -0.491 e. The van der Waals surface area contributed by atoms with Gasteiger partial charge in [-0.25, -0.2) is 4.99 Å². The van der Waals surface area contributed by atoms with Gasteiger partial charge in [-0.3, -0.25) is 4.79 Å². The summed E-state index contributed by atoms with van der Waals surface area (Å²) in [5, 5.41) is 13.2. The summed E-state index contributed by atoms with van der Waals surface area (Å²) in [6.45, 7) is 12.2. The van der Waals surface area contributed by atoms with Crippen LogP contribution in [0.4, 0.5) is 5.69 Å². The van der Waals surface area contributed by atoms with Gasteiger partial charge in [0, 0.05) is 24.2 Å². The van der Waals surface area contributed by atoms with Crippen LogP contribution < -0.4 is 20.7 Å². The van der Waals surface area contributed by atoms with Crippen molar-refractivity contribution in [3.8, 4) is 5.75 Å². The monoisotopic (exact) mass is 558 g/mol. The molecule has 9 nitrogen and oxygen atoms in total. The number of guanidine groups is 1. The molecule has 0 aliphatic rings. The Labute approximate surface area is 207 Å². The number of aryl methyl sites for hydroxylation is 2. The van der Waals surface area contributed by atoms with Crippen molar-refractivity contribution in [1.82, 2.24) is 20.8 Å². The van der Waals surface area contributed by atoms with Gasteiger partial charge in [-0.15, -0.1) is 24.0 Å². The SMILES string of the molecule is Cc1noc(CCCNC(=NCC(=O)NC(C)(C)C)Nc2ccc(OC(C)C)cc2)n1.I. The van der Waals surface area contributed by atoms with E-state index in [1.807, 2.05) is 58.9 Å². The first-order valence-corrected chi connectivity index (χ1v) is 10.5. The largest absolute Gasteiger partial charge is 0.491 e. The lowest BCUT2D eigenvalue weighted by atomic mass is 10.1. The summed E-state index contributed by atoms with van der Waals surface area (Å²) in [5.74, 6) is 2.41. The van der Waals surface area contributed by atoms with E-state index in [2.05, 4.69) is 31.1 Å². The van der Waals surface area contributed by atoms with E-state index in [-0.39, 0.29) is 48.1 Å². The highest BCUT2D eigenvalue weighted by Crippen LogP contribution is 2.16.